The van der Waals surface area contributed by atoms with Gasteiger partial charge in [0.15, 0.2) is 0 Å². The summed E-state index contributed by atoms with van der Waals surface area (Å²) in [4.78, 5) is 0. The lowest BCUT2D eigenvalue weighted by atomic mass is 10.2. The Labute approximate surface area is 98.9 Å². The molecule has 0 saturated heterocycles. The van der Waals surface area contributed by atoms with Gasteiger partial charge in [-0.3, -0.25) is 0 Å². The third-order valence-electron chi connectivity index (χ3n) is 2.86. The highest BCUT2D eigenvalue weighted by atomic mass is 79.9. The molecule has 1 aromatic carbocycles. The van der Waals surface area contributed by atoms with Crippen LogP contribution in [-0.2, 0) is 11.3 Å². The normalized spacial score (nSPS) is 25.7. The quantitative estimate of drug-likeness (QED) is 0.916. The van der Waals surface area contributed by atoms with Crippen LogP contribution in [0.2, 0.25) is 0 Å². The molecule has 2 unspecified atom stereocenters. The molecular formula is C12H16BrNO. The van der Waals surface area contributed by atoms with Gasteiger partial charge in [0.05, 0.1) is 12.7 Å². The van der Waals surface area contributed by atoms with Gasteiger partial charge in [-0.1, -0.05) is 34.1 Å². The zero-order chi connectivity index (χ0) is 10.7. The topological polar surface area (TPSA) is 35.2 Å². The van der Waals surface area contributed by atoms with Crippen molar-refractivity contribution in [1.82, 2.24) is 0 Å². The van der Waals surface area contributed by atoms with E-state index in [0.717, 1.165) is 23.7 Å². The first-order valence-electron chi connectivity index (χ1n) is 5.36. The molecule has 0 heterocycles. The Hall–Kier alpha value is -0.380. The Bertz CT molecular complexity index is 329. The summed E-state index contributed by atoms with van der Waals surface area (Å²) in [6, 6.07) is 8.51. The molecule has 2 N–H and O–H groups in total. The van der Waals surface area contributed by atoms with Crippen LogP contribution < -0.4 is 5.73 Å². The van der Waals surface area contributed by atoms with Crippen LogP contribution in [0.4, 0.5) is 0 Å². The summed E-state index contributed by atoms with van der Waals surface area (Å²) in [5.41, 5.74) is 7.04. The predicted octanol–water partition coefficient (Wildman–Crippen LogP) is 2.85. The first kappa shape index (κ1) is 11.1. The largest absolute Gasteiger partial charge is 0.373 e. The van der Waals surface area contributed by atoms with E-state index in [0.29, 0.717) is 18.8 Å². The van der Waals surface area contributed by atoms with Crippen LogP contribution in [0, 0.1) is 0 Å². The third-order valence-corrected chi connectivity index (χ3v) is 3.63. The van der Waals surface area contributed by atoms with Crippen molar-refractivity contribution in [2.75, 3.05) is 0 Å². The molecule has 0 bridgehead atoms. The minimum absolute atomic E-state index is 0.342. The maximum absolute atomic E-state index is 5.83. The smallest absolute Gasteiger partial charge is 0.0731 e. The number of ether oxygens (including phenoxy) is 1. The average Bonchev–Trinajstić information content (AvgIpc) is 2.63. The van der Waals surface area contributed by atoms with E-state index in [1.54, 1.807) is 0 Å². The molecule has 0 spiro atoms. The van der Waals surface area contributed by atoms with E-state index in [2.05, 4.69) is 22.0 Å². The van der Waals surface area contributed by atoms with Gasteiger partial charge in [-0.15, -0.1) is 0 Å². The molecule has 0 amide bonds. The Balaban J connectivity index is 1.86. The van der Waals surface area contributed by atoms with Crippen molar-refractivity contribution in [2.45, 2.75) is 38.0 Å². The highest BCUT2D eigenvalue weighted by molar-refractivity contribution is 9.10. The van der Waals surface area contributed by atoms with Gasteiger partial charge < -0.3 is 10.5 Å². The highest BCUT2D eigenvalue weighted by Gasteiger charge is 2.22. The van der Waals surface area contributed by atoms with Crippen LogP contribution in [0.1, 0.15) is 24.8 Å². The Kier molecular flexibility index (Phi) is 3.78. The molecule has 2 rings (SSSR count). The highest BCUT2D eigenvalue weighted by Crippen LogP contribution is 2.23. The molecule has 2 atom stereocenters. The van der Waals surface area contributed by atoms with Gasteiger partial charge in [-0.2, -0.15) is 0 Å². The van der Waals surface area contributed by atoms with Crippen LogP contribution >= 0.6 is 15.9 Å². The minimum atomic E-state index is 0.342. The summed E-state index contributed by atoms with van der Waals surface area (Å²) in [5, 5.41) is 0. The summed E-state index contributed by atoms with van der Waals surface area (Å²) >= 11 is 3.51. The SMILES string of the molecule is NC1CCC(OCc2ccccc2Br)C1. The second kappa shape index (κ2) is 5.10. The first-order valence-corrected chi connectivity index (χ1v) is 6.15. The van der Waals surface area contributed by atoms with Crippen molar-refractivity contribution in [3.63, 3.8) is 0 Å². The molecule has 82 valence electrons. The number of hydrogen-bond acceptors (Lipinski definition) is 2. The number of rotatable bonds is 3. The fourth-order valence-corrected chi connectivity index (χ4v) is 2.35. The van der Waals surface area contributed by atoms with E-state index in [1.165, 1.54) is 5.56 Å². The Morgan fingerprint density at radius 3 is 2.80 bits per heavy atom. The van der Waals surface area contributed by atoms with Gasteiger partial charge in [-0.05, 0) is 30.9 Å². The zero-order valence-corrected chi connectivity index (χ0v) is 10.2. The lowest BCUT2D eigenvalue weighted by Crippen LogP contribution is -2.17. The third kappa shape index (κ3) is 3.03. The predicted molar refractivity (Wildman–Crippen MR) is 64.5 cm³/mol. The summed E-state index contributed by atoms with van der Waals surface area (Å²) in [7, 11) is 0. The van der Waals surface area contributed by atoms with Gasteiger partial charge in [0.2, 0.25) is 0 Å². The van der Waals surface area contributed by atoms with E-state index in [4.69, 9.17) is 10.5 Å². The molecule has 1 aliphatic rings. The van der Waals surface area contributed by atoms with Crippen molar-refractivity contribution in [2.24, 2.45) is 5.73 Å². The molecule has 1 fully saturated rings. The summed E-state index contributed by atoms with van der Waals surface area (Å²) in [5.74, 6) is 0. The van der Waals surface area contributed by atoms with Gasteiger partial charge in [0.1, 0.15) is 0 Å². The molecule has 1 aromatic rings. The molecule has 0 aliphatic heterocycles. The number of benzene rings is 1. The molecule has 2 nitrogen and oxygen atoms in total. The molecule has 0 aromatic heterocycles. The maximum Gasteiger partial charge on any atom is 0.0731 e. The maximum atomic E-state index is 5.83. The standard InChI is InChI=1S/C12H16BrNO/c13-12-4-2-1-3-9(12)8-15-11-6-5-10(14)7-11/h1-4,10-11H,5-8,14H2. The van der Waals surface area contributed by atoms with E-state index >= 15 is 0 Å². The summed E-state index contributed by atoms with van der Waals surface area (Å²) in [6.45, 7) is 0.679. The fourth-order valence-electron chi connectivity index (χ4n) is 1.95. The van der Waals surface area contributed by atoms with E-state index in [1.807, 2.05) is 18.2 Å². The molecular weight excluding hydrogens is 254 g/mol. The van der Waals surface area contributed by atoms with Crippen LogP contribution in [0.15, 0.2) is 28.7 Å². The molecule has 15 heavy (non-hydrogen) atoms. The molecule has 3 heteroatoms. The van der Waals surface area contributed by atoms with Crippen molar-refractivity contribution < 1.29 is 4.74 Å². The summed E-state index contributed by atoms with van der Waals surface area (Å²) < 4.78 is 6.95. The number of hydrogen-bond donors (Lipinski definition) is 1. The van der Waals surface area contributed by atoms with Gasteiger partial charge in [0.25, 0.3) is 0 Å². The Morgan fingerprint density at radius 2 is 2.13 bits per heavy atom. The van der Waals surface area contributed by atoms with Gasteiger partial charge in [-0.25, -0.2) is 0 Å². The average molecular weight is 270 g/mol. The minimum Gasteiger partial charge on any atom is -0.373 e. The van der Waals surface area contributed by atoms with Crippen LogP contribution in [0.5, 0.6) is 0 Å². The number of nitrogens with two attached hydrogens (primary N) is 1. The second-order valence-corrected chi connectivity index (χ2v) is 4.95. The van der Waals surface area contributed by atoms with Gasteiger partial charge in [0, 0.05) is 10.5 Å². The Morgan fingerprint density at radius 1 is 1.33 bits per heavy atom. The number of halogens is 1. The summed E-state index contributed by atoms with van der Waals surface area (Å²) in [6.07, 6.45) is 3.56. The van der Waals surface area contributed by atoms with Crippen LogP contribution in [-0.4, -0.2) is 12.1 Å². The molecule has 1 saturated carbocycles. The molecule has 1 aliphatic carbocycles. The monoisotopic (exact) mass is 269 g/mol. The van der Waals surface area contributed by atoms with Crippen molar-refractivity contribution in [3.05, 3.63) is 34.3 Å². The zero-order valence-electron chi connectivity index (χ0n) is 8.66. The lowest BCUT2D eigenvalue weighted by molar-refractivity contribution is 0.0445. The van der Waals surface area contributed by atoms with E-state index in [-0.39, 0.29) is 0 Å². The second-order valence-electron chi connectivity index (χ2n) is 4.10. The fraction of sp³-hybridized carbons (Fsp3) is 0.500. The van der Waals surface area contributed by atoms with Crippen molar-refractivity contribution >= 4 is 15.9 Å². The van der Waals surface area contributed by atoms with E-state index in [9.17, 15) is 0 Å². The van der Waals surface area contributed by atoms with Gasteiger partial charge >= 0.3 is 0 Å². The van der Waals surface area contributed by atoms with Crippen molar-refractivity contribution in [3.8, 4) is 0 Å². The van der Waals surface area contributed by atoms with Crippen LogP contribution in [0.3, 0.4) is 0 Å². The van der Waals surface area contributed by atoms with Crippen molar-refractivity contribution in [1.29, 1.82) is 0 Å². The molecule has 0 radical (unpaired) electrons. The van der Waals surface area contributed by atoms with E-state index < -0.39 is 0 Å². The van der Waals surface area contributed by atoms with Crippen LogP contribution in [0.25, 0.3) is 0 Å². The lowest BCUT2D eigenvalue weighted by Gasteiger charge is -2.12. The first-order chi connectivity index (χ1) is 7.25.